The van der Waals surface area contributed by atoms with E-state index in [1.807, 2.05) is 31.2 Å². The van der Waals surface area contributed by atoms with Crippen molar-refractivity contribution in [1.82, 2.24) is 24.4 Å². The average Bonchev–Trinajstić information content (AvgIpc) is 3.51. The molecule has 0 saturated carbocycles. The number of methoxy groups -OCH3 is 1. The molecule has 3 heterocycles. The molecule has 0 spiro atoms. The van der Waals surface area contributed by atoms with E-state index in [9.17, 15) is 18.0 Å². The molecule has 0 atom stereocenters. The van der Waals surface area contributed by atoms with Crippen molar-refractivity contribution in [2.24, 2.45) is 0 Å². The fraction of sp³-hybridized carbons (Fsp3) is 0.154. The van der Waals surface area contributed by atoms with Crippen LogP contribution in [0, 0.1) is 6.92 Å². The van der Waals surface area contributed by atoms with Gasteiger partial charge in [-0.25, -0.2) is 9.50 Å². The zero-order valence-electron chi connectivity index (χ0n) is 19.8. The molecule has 3 aromatic heterocycles. The summed E-state index contributed by atoms with van der Waals surface area (Å²) in [6.45, 7) is 2.50. The van der Waals surface area contributed by atoms with Crippen LogP contribution in [0.3, 0.4) is 0 Å². The maximum atomic E-state index is 13.9. The minimum Gasteiger partial charge on any atom is -0.497 e. The molecule has 2 aromatic carbocycles. The Morgan fingerprint density at radius 1 is 1.05 bits per heavy atom. The number of alkyl halides is 3. The normalized spacial score (nSPS) is 11.6. The quantitative estimate of drug-likeness (QED) is 0.341. The summed E-state index contributed by atoms with van der Waals surface area (Å²) in [6, 6.07) is 15.2. The Kier molecular flexibility index (Phi) is 6.12. The minimum absolute atomic E-state index is 0.0445. The summed E-state index contributed by atoms with van der Waals surface area (Å²) in [5.74, 6) is -0.105. The van der Waals surface area contributed by atoms with Gasteiger partial charge in [0.05, 0.1) is 37.4 Å². The molecular formula is C26H21F3N6O2. The lowest BCUT2D eigenvalue weighted by molar-refractivity contribution is -0.142. The molecule has 0 aliphatic carbocycles. The third-order valence-electron chi connectivity index (χ3n) is 5.88. The number of aromatic nitrogens is 5. The van der Waals surface area contributed by atoms with E-state index in [0.717, 1.165) is 23.4 Å². The third kappa shape index (κ3) is 4.88. The van der Waals surface area contributed by atoms with Crippen LogP contribution in [0.25, 0.3) is 16.9 Å². The van der Waals surface area contributed by atoms with Crippen molar-refractivity contribution in [3.63, 3.8) is 0 Å². The number of nitrogens with one attached hydrogen (secondary N) is 1. The van der Waals surface area contributed by atoms with Gasteiger partial charge in [0.15, 0.2) is 11.3 Å². The van der Waals surface area contributed by atoms with Crippen LogP contribution in [-0.4, -0.2) is 37.4 Å². The number of aryl methyl sites for hydroxylation is 1. The van der Waals surface area contributed by atoms with Gasteiger partial charge in [0.2, 0.25) is 0 Å². The molecule has 11 heteroatoms. The van der Waals surface area contributed by atoms with Crippen molar-refractivity contribution < 1.29 is 22.7 Å². The smallest absolute Gasteiger partial charge is 0.433 e. The van der Waals surface area contributed by atoms with E-state index in [-0.39, 0.29) is 16.9 Å². The summed E-state index contributed by atoms with van der Waals surface area (Å²) in [7, 11) is 1.49. The molecule has 0 bridgehead atoms. The largest absolute Gasteiger partial charge is 0.497 e. The summed E-state index contributed by atoms with van der Waals surface area (Å²) in [6.07, 6.45) is -0.534. The SMILES string of the molecule is COc1ccc(-c2cc(C(F)(F)F)n3ncc(C(=O)Nc4cnn(Cc5ccccc5C)c4)c3n2)cc1. The number of anilines is 1. The highest BCUT2D eigenvalue weighted by Gasteiger charge is 2.36. The van der Waals surface area contributed by atoms with Crippen molar-refractivity contribution >= 4 is 17.2 Å². The number of rotatable bonds is 6. The van der Waals surface area contributed by atoms with Crippen LogP contribution in [-0.2, 0) is 12.7 Å². The molecule has 0 fully saturated rings. The van der Waals surface area contributed by atoms with Crippen LogP contribution in [0.2, 0.25) is 0 Å². The standard InChI is InChI=1S/C26H21F3N6O2/c1-16-5-3-4-6-18(16)14-34-15-19(12-30-34)32-25(36)21-13-31-35-23(26(27,28)29)11-22(33-24(21)35)17-7-9-20(37-2)10-8-17/h3-13,15H,14H2,1-2H3,(H,32,36). The third-order valence-corrected chi connectivity index (χ3v) is 5.88. The van der Waals surface area contributed by atoms with Crippen LogP contribution in [0.15, 0.2) is 73.2 Å². The Morgan fingerprint density at radius 3 is 2.51 bits per heavy atom. The van der Waals surface area contributed by atoms with Gasteiger partial charge < -0.3 is 10.1 Å². The van der Waals surface area contributed by atoms with Gasteiger partial charge in [-0.15, -0.1) is 0 Å². The second kappa shape index (κ2) is 9.41. The Hall–Kier alpha value is -4.67. The number of fused-ring (bicyclic) bond motifs is 1. The van der Waals surface area contributed by atoms with Crippen molar-refractivity contribution in [2.45, 2.75) is 19.6 Å². The zero-order valence-corrected chi connectivity index (χ0v) is 19.8. The van der Waals surface area contributed by atoms with E-state index in [0.29, 0.717) is 28.1 Å². The lowest BCUT2D eigenvalue weighted by Gasteiger charge is -2.12. The second-order valence-electron chi connectivity index (χ2n) is 8.35. The summed E-state index contributed by atoms with van der Waals surface area (Å²) in [5.41, 5.74) is 1.67. The Bertz CT molecular complexity index is 1590. The summed E-state index contributed by atoms with van der Waals surface area (Å²) >= 11 is 0. The number of nitrogens with zero attached hydrogens (tertiary/aromatic N) is 5. The molecule has 5 aromatic rings. The number of amides is 1. The van der Waals surface area contributed by atoms with Crippen molar-refractivity contribution in [1.29, 1.82) is 0 Å². The zero-order chi connectivity index (χ0) is 26.2. The fourth-order valence-corrected chi connectivity index (χ4v) is 3.91. The fourth-order valence-electron chi connectivity index (χ4n) is 3.91. The predicted octanol–water partition coefficient (Wildman–Crippen LogP) is 5.23. The molecular weight excluding hydrogens is 485 g/mol. The van der Waals surface area contributed by atoms with Gasteiger partial charge in [0.25, 0.3) is 5.91 Å². The van der Waals surface area contributed by atoms with Gasteiger partial charge >= 0.3 is 6.18 Å². The molecule has 1 N–H and O–H groups in total. The van der Waals surface area contributed by atoms with Crippen LogP contribution >= 0.6 is 0 Å². The number of halogens is 3. The van der Waals surface area contributed by atoms with E-state index in [4.69, 9.17) is 4.74 Å². The van der Waals surface area contributed by atoms with Crippen molar-refractivity contribution in [2.75, 3.05) is 12.4 Å². The van der Waals surface area contributed by atoms with Gasteiger partial charge in [0.1, 0.15) is 11.3 Å². The number of hydrogen-bond donors (Lipinski definition) is 1. The Balaban J connectivity index is 1.47. The van der Waals surface area contributed by atoms with Crippen LogP contribution in [0.1, 0.15) is 27.2 Å². The first-order valence-corrected chi connectivity index (χ1v) is 11.2. The molecule has 0 radical (unpaired) electrons. The van der Waals surface area contributed by atoms with Crippen LogP contribution < -0.4 is 10.1 Å². The molecule has 5 rings (SSSR count). The number of ether oxygens (including phenoxy) is 1. The monoisotopic (exact) mass is 506 g/mol. The summed E-state index contributed by atoms with van der Waals surface area (Å²) < 4.78 is 49.0. The maximum absolute atomic E-state index is 13.9. The number of hydrogen-bond acceptors (Lipinski definition) is 5. The highest BCUT2D eigenvalue weighted by atomic mass is 19.4. The van der Waals surface area contributed by atoms with E-state index in [1.54, 1.807) is 35.1 Å². The van der Waals surface area contributed by atoms with Gasteiger partial charge in [-0.2, -0.15) is 23.4 Å². The highest BCUT2D eigenvalue weighted by Crippen LogP contribution is 2.33. The molecule has 188 valence electrons. The molecule has 8 nitrogen and oxygen atoms in total. The molecule has 37 heavy (non-hydrogen) atoms. The predicted molar refractivity (Wildman–Crippen MR) is 130 cm³/mol. The number of carbonyl (C=O) groups is 1. The topological polar surface area (TPSA) is 86.3 Å². The lowest BCUT2D eigenvalue weighted by Crippen LogP contribution is -2.15. The second-order valence-corrected chi connectivity index (χ2v) is 8.35. The van der Waals surface area contributed by atoms with E-state index >= 15 is 0 Å². The Labute approximate surface area is 209 Å². The molecule has 0 aliphatic heterocycles. The van der Waals surface area contributed by atoms with E-state index in [1.165, 1.54) is 13.3 Å². The van der Waals surface area contributed by atoms with Gasteiger partial charge in [-0.1, -0.05) is 24.3 Å². The van der Waals surface area contributed by atoms with Crippen LogP contribution in [0.4, 0.5) is 18.9 Å². The first kappa shape index (κ1) is 24.0. The molecule has 1 amide bonds. The highest BCUT2D eigenvalue weighted by molar-refractivity contribution is 6.08. The first-order valence-electron chi connectivity index (χ1n) is 11.2. The van der Waals surface area contributed by atoms with Gasteiger partial charge in [-0.05, 0) is 48.4 Å². The van der Waals surface area contributed by atoms with Crippen molar-refractivity contribution in [3.8, 4) is 17.0 Å². The molecule has 0 saturated heterocycles. The van der Waals surface area contributed by atoms with Gasteiger partial charge in [-0.3, -0.25) is 9.48 Å². The van der Waals surface area contributed by atoms with Crippen molar-refractivity contribution in [3.05, 3.63) is 95.6 Å². The number of carbonyl (C=O) groups excluding carboxylic acids is 1. The molecule has 0 unspecified atom stereocenters. The van der Waals surface area contributed by atoms with Gasteiger partial charge in [0, 0.05) is 11.8 Å². The lowest BCUT2D eigenvalue weighted by atomic mass is 10.1. The summed E-state index contributed by atoms with van der Waals surface area (Å²) in [4.78, 5) is 17.4. The van der Waals surface area contributed by atoms with Crippen LogP contribution in [0.5, 0.6) is 5.75 Å². The maximum Gasteiger partial charge on any atom is 0.433 e. The average molecular weight is 506 g/mol. The first-order chi connectivity index (χ1) is 17.7. The number of benzene rings is 2. The Morgan fingerprint density at radius 2 is 1.81 bits per heavy atom. The van der Waals surface area contributed by atoms with E-state index < -0.39 is 17.8 Å². The summed E-state index contributed by atoms with van der Waals surface area (Å²) in [5, 5.41) is 10.8. The molecule has 0 aliphatic rings. The minimum atomic E-state index is -4.72. The van der Waals surface area contributed by atoms with E-state index in [2.05, 4.69) is 20.5 Å².